The third-order valence-corrected chi connectivity index (χ3v) is 3.11. The van der Waals surface area contributed by atoms with Gasteiger partial charge in [0.1, 0.15) is 6.79 Å². The molecule has 5 nitrogen and oxygen atoms in total. The van der Waals surface area contributed by atoms with Crippen LogP contribution in [0.3, 0.4) is 0 Å². The van der Waals surface area contributed by atoms with Gasteiger partial charge < -0.3 is 24.3 Å². The molecule has 18 heavy (non-hydrogen) atoms. The van der Waals surface area contributed by atoms with Crippen LogP contribution in [0.15, 0.2) is 18.2 Å². The highest BCUT2D eigenvalue weighted by atomic mass is 16.7. The third kappa shape index (κ3) is 2.75. The summed E-state index contributed by atoms with van der Waals surface area (Å²) in [5.74, 6) is 1.66. The van der Waals surface area contributed by atoms with E-state index in [1.165, 1.54) is 5.56 Å². The second-order valence-corrected chi connectivity index (χ2v) is 4.42. The molecule has 0 saturated carbocycles. The van der Waals surface area contributed by atoms with Crippen molar-refractivity contribution >= 4 is 0 Å². The van der Waals surface area contributed by atoms with Gasteiger partial charge in [0.05, 0.1) is 12.7 Å². The van der Waals surface area contributed by atoms with E-state index in [-0.39, 0.29) is 6.10 Å². The average Bonchev–Trinajstić information content (AvgIpc) is 2.87. The van der Waals surface area contributed by atoms with E-state index >= 15 is 0 Å². The van der Waals surface area contributed by atoms with Crippen LogP contribution < -0.4 is 14.8 Å². The van der Waals surface area contributed by atoms with Gasteiger partial charge in [-0.3, -0.25) is 0 Å². The minimum absolute atomic E-state index is 0.257. The lowest BCUT2D eigenvalue weighted by Gasteiger charge is -2.23. The zero-order chi connectivity index (χ0) is 12.2. The first-order chi connectivity index (χ1) is 8.92. The fourth-order valence-corrected chi connectivity index (χ4v) is 2.09. The molecule has 0 aliphatic carbocycles. The molecule has 1 atom stereocenters. The molecular formula is C13H17NO4. The molecule has 98 valence electrons. The largest absolute Gasteiger partial charge is 0.454 e. The molecule has 3 rings (SSSR count). The number of hydrogen-bond donors (Lipinski definition) is 1. The van der Waals surface area contributed by atoms with Gasteiger partial charge in [0.25, 0.3) is 0 Å². The van der Waals surface area contributed by atoms with Crippen LogP contribution in [0.5, 0.6) is 11.5 Å². The minimum Gasteiger partial charge on any atom is -0.454 e. The summed E-state index contributed by atoms with van der Waals surface area (Å²) in [6.45, 7) is 3.17. The summed E-state index contributed by atoms with van der Waals surface area (Å²) in [7, 11) is 0. The van der Waals surface area contributed by atoms with Gasteiger partial charge in [0, 0.05) is 13.1 Å². The van der Waals surface area contributed by atoms with Gasteiger partial charge in [0.15, 0.2) is 11.5 Å². The van der Waals surface area contributed by atoms with E-state index in [4.69, 9.17) is 18.9 Å². The molecule has 2 heterocycles. The Hall–Kier alpha value is -1.30. The number of ether oxygens (including phenoxy) is 4. The van der Waals surface area contributed by atoms with Gasteiger partial charge in [0.2, 0.25) is 6.79 Å². The van der Waals surface area contributed by atoms with Gasteiger partial charge in [-0.15, -0.1) is 0 Å². The van der Waals surface area contributed by atoms with Crippen molar-refractivity contribution in [3.8, 4) is 11.5 Å². The second-order valence-electron chi connectivity index (χ2n) is 4.42. The minimum atomic E-state index is 0.257. The smallest absolute Gasteiger partial charge is 0.231 e. The maximum Gasteiger partial charge on any atom is 0.231 e. The molecular weight excluding hydrogens is 234 g/mol. The zero-order valence-corrected chi connectivity index (χ0v) is 10.2. The number of benzene rings is 1. The van der Waals surface area contributed by atoms with Crippen molar-refractivity contribution < 1.29 is 18.9 Å². The Kier molecular flexibility index (Phi) is 3.64. The van der Waals surface area contributed by atoms with Crippen molar-refractivity contribution in [2.75, 3.05) is 26.7 Å². The van der Waals surface area contributed by atoms with Crippen molar-refractivity contribution in [2.45, 2.75) is 19.1 Å². The van der Waals surface area contributed by atoms with Crippen LogP contribution in [-0.2, 0) is 16.0 Å². The molecule has 2 aliphatic heterocycles. The maximum atomic E-state index is 5.46. The van der Waals surface area contributed by atoms with Crippen LogP contribution in [0.25, 0.3) is 0 Å². The molecule has 1 unspecified atom stereocenters. The molecule has 1 aromatic carbocycles. The van der Waals surface area contributed by atoms with E-state index in [2.05, 4.69) is 5.32 Å². The van der Waals surface area contributed by atoms with Crippen LogP contribution in [0.2, 0.25) is 0 Å². The summed E-state index contributed by atoms with van der Waals surface area (Å²) in [5.41, 5.74) is 1.19. The lowest BCUT2D eigenvalue weighted by Crippen LogP contribution is -2.33. The normalized spacial score (nSPS) is 22.1. The van der Waals surface area contributed by atoms with E-state index in [0.29, 0.717) is 13.6 Å². The molecule has 1 aromatic rings. The Bertz CT molecular complexity index is 404. The van der Waals surface area contributed by atoms with Gasteiger partial charge >= 0.3 is 0 Å². The molecule has 0 spiro atoms. The van der Waals surface area contributed by atoms with Gasteiger partial charge in [-0.05, 0) is 24.1 Å². The maximum absolute atomic E-state index is 5.46. The van der Waals surface area contributed by atoms with Crippen molar-refractivity contribution in [3.63, 3.8) is 0 Å². The van der Waals surface area contributed by atoms with Crippen LogP contribution in [0, 0.1) is 0 Å². The summed E-state index contributed by atoms with van der Waals surface area (Å²) >= 11 is 0. The summed E-state index contributed by atoms with van der Waals surface area (Å²) in [5, 5.41) is 3.39. The van der Waals surface area contributed by atoms with Crippen molar-refractivity contribution in [2.24, 2.45) is 0 Å². The monoisotopic (exact) mass is 251 g/mol. The topological polar surface area (TPSA) is 49.0 Å². The number of fused-ring (bicyclic) bond motifs is 1. The Balaban J connectivity index is 1.48. The predicted molar refractivity (Wildman–Crippen MR) is 64.6 cm³/mol. The highest BCUT2D eigenvalue weighted by Crippen LogP contribution is 2.32. The molecule has 0 bridgehead atoms. The standard InChI is InChI=1S/C13H17NO4/c1-2-12-13(18-9-17-12)5-10(1)6-14-7-11-3-4-15-8-16-11/h1-2,5,11,14H,3-4,6-9H2. The first-order valence-electron chi connectivity index (χ1n) is 6.20. The van der Waals surface area contributed by atoms with Crippen molar-refractivity contribution in [1.82, 2.24) is 5.32 Å². The highest BCUT2D eigenvalue weighted by Gasteiger charge is 2.15. The molecule has 0 aromatic heterocycles. The predicted octanol–water partition coefficient (Wildman–Crippen LogP) is 1.27. The van der Waals surface area contributed by atoms with E-state index in [1.54, 1.807) is 0 Å². The first-order valence-corrected chi connectivity index (χ1v) is 6.20. The molecule has 1 saturated heterocycles. The fraction of sp³-hybridized carbons (Fsp3) is 0.538. The van der Waals surface area contributed by atoms with Gasteiger partial charge in [-0.2, -0.15) is 0 Å². The summed E-state index contributed by atoms with van der Waals surface area (Å²) in [6, 6.07) is 6.01. The molecule has 2 aliphatic rings. The van der Waals surface area contributed by atoms with Crippen molar-refractivity contribution in [3.05, 3.63) is 23.8 Å². The van der Waals surface area contributed by atoms with E-state index in [9.17, 15) is 0 Å². The molecule has 0 radical (unpaired) electrons. The highest BCUT2D eigenvalue weighted by molar-refractivity contribution is 5.44. The average molecular weight is 251 g/mol. The van der Waals surface area contributed by atoms with Crippen LogP contribution in [0.4, 0.5) is 0 Å². The van der Waals surface area contributed by atoms with E-state index < -0.39 is 0 Å². The van der Waals surface area contributed by atoms with Crippen LogP contribution in [0.1, 0.15) is 12.0 Å². The van der Waals surface area contributed by atoms with Crippen LogP contribution in [-0.4, -0.2) is 32.8 Å². The van der Waals surface area contributed by atoms with Crippen LogP contribution >= 0.6 is 0 Å². The Labute approximate surface area is 106 Å². The van der Waals surface area contributed by atoms with Crippen molar-refractivity contribution in [1.29, 1.82) is 0 Å². The lowest BCUT2D eigenvalue weighted by molar-refractivity contribution is -0.137. The summed E-state index contributed by atoms with van der Waals surface area (Å²) in [6.07, 6.45) is 1.21. The number of hydrogen-bond acceptors (Lipinski definition) is 5. The third-order valence-electron chi connectivity index (χ3n) is 3.11. The molecule has 1 N–H and O–H groups in total. The fourth-order valence-electron chi connectivity index (χ4n) is 2.09. The SMILES string of the molecule is c1cc2c(cc1CNCC1CCOCO1)OCO2. The zero-order valence-electron chi connectivity index (χ0n) is 10.2. The Morgan fingerprint density at radius 3 is 3.00 bits per heavy atom. The Morgan fingerprint density at radius 1 is 1.17 bits per heavy atom. The molecule has 0 amide bonds. The second kappa shape index (κ2) is 5.56. The molecule has 5 heteroatoms. The quantitative estimate of drug-likeness (QED) is 0.873. The summed E-state index contributed by atoms with van der Waals surface area (Å²) in [4.78, 5) is 0. The first kappa shape index (κ1) is 11.8. The Morgan fingerprint density at radius 2 is 2.11 bits per heavy atom. The van der Waals surface area contributed by atoms with Gasteiger partial charge in [-0.1, -0.05) is 6.07 Å². The van der Waals surface area contributed by atoms with E-state index in [1.807, 2.05) is 18.2 Å². The number of rotatable bonds is 4. The van der Waals surface area contributed by atoms with E-state index in [0.717, 1.165) is 37.6 Å². The molecule has 1 fully saturated rings. The summed E-state index contributed by atoms with van der Waals surface area (Å²) < 4.78 is 21.2. The van der Waals surface area contributed by atoms with Gasteiger partial charge in [-0.25, -0.2) is 0 Å². The lowest BCUT2D eigenvalue weighted by atomic mass is 10.2. The number of nitrogens with one attached hydrogen (secondary N) is 1.